The molecule has 0 aromatic heterocycles. The van der Waals surface area contributed by atoms with E-state index in [4.69, 9.17) is 0 Å². The van der Waals surface area contributed by atoms with Crippen LogP contribution in [-0.4, -0.2) is 18.1 Å². The maximum atomic E-state index is 11.5. The predicted octanol–water partition coefficient (Wildman–Crippen LogP) is 1.42. The van der Waals surface area contributed by atoms with Crippen LogP contribution in [0.1, 0.15) is 19.3 Å². The topological polar surface area (TPSA) is 43.4 Å². The highest BCUT2D eigenvalue weighted by atomic mass is 19.4. The van der Waals surface area contributed by atoms with Crippen molar-refractivity contribution in [2.24, 2.45) is 5.92 Å². The van der Waals surface area contributed by atoms with Gasteiger partial charge in [0.05, 0.1) is 0 Å². The minimum Gasteiger partial charge on any atom is -0.386 e. The van der Waals surface area contributed by atoms with Crippen LogP contribution < -0.4 is 0 Å². The Morgan fingerprint density at radius 1 is 1.31 bits per heavy atom. The first-order valence-electron chi connectivity index (χ1n) is 3.71. The molecule has 74 valence electrons. The minimum absolute atomic E-state index is 0.0954. The molecule has 0 aromatic rings. The van der Waals surface area contributed by atoms with Crippen LogP contribution >= 0.6 is 0 Å². The molecule has 0 amide bonds. The number of halogens is 3. The number of ether oxygens (including phenoxy) is 1. The molecule has 3 nitrogen and oxygen atoms in total. The standard InChI is InChI=1S/C7H7F3O3/c8-7(9,10)6(12)13-5(11)3-4-1-2-4/h4H,1-3H2. The molecule has 13 heavy (non-hydrogen) atoms. The summed E-state index contributed by atoms with van der Waals surface area (Å²) in [5.74, 6) is -3.42. The van der Waals surface area contributed by atoms with Crippen molar-refractivity contribution in [1.29, 1.82) is 0 Å². The lowest BCUT2D eigenvalue weighted by molar-refractivity contribution is -0.201. The van der Waals surface area contributed by atoms with Crippen LogP contribution in [0.5, 0.6) is 0 Å². The molecule has 0 aliphatic heterocycles. The molecule has 0 unspecified atom stereocenters. The monoisotopic (exact) mass is 196 g/mol. The van der Waals surface area contributed by atoms with Gasteiger partial charge in [-0.25, -0.2) is 4.79 Å². The first-order chi connectivity index (χ1) is 5.89. The molecule has 0 aromatic carbocycles. The fraction of sp³-hybridized carbons (Fsp3) is 0.714. The van der Waals surface area contributed by atoms with Gasteiger partial charge < -0.3 is 4.74 Å². The zero-order valence-corrected chi connectivity index (χ0v) is 6.56. The Labute approximate surface area is 71.9 Å². The molecule has 1 saturated carbocycles. The second-order valence-electron chi connectivity index (χ2n) is 2.91. The summed E-state index contributed by atoms with van der Waals surface area (Å²) in [6.07, 6.45) is -3.55. The number of carbonyl (C=O) groups is 2. The molecule has 0 radical (unpaired) electrons. The maximum Gasteiger partial charge on any atom is 0.491 e. The number of hydrogen-bond acceptors (Lipinski definition) is 3. The van der Waals surface area contributed by atoms with Crippen LogP contribution in [0, 0.1) is 5.92 Å². The number of esters is 2. The highest BCUT2D eigenvalue weighted by Gasteiger charge is 2.42. The van der Waals surface area contributed by atoms with E-state index in [-0.39, 0.29) is 12.3 Å². The minimum atomic E-state index is -5.08. The SMILES string of the molecule is O=C(CC1CC1)OC(=O)C(F)(F)F. The molecule has 1 fully saturated rings. The molecule has 0 atom stereocenters. The third kappa shape index (κ3) is 3.43. The van der Waals surface area contributed by atoms with Crippen LogP contribution in [0.2, 0.25) is 0 Å². The highest BCUT2D eigenvalue weighted by Crippen LogP contribution is 2.32. The fourth-order valence-electron chi connectivity index (χ4n) is 0.761. The van der Waals surface area contributed by atoms with E-state index in [1.165, 1.54) is 0 Å². The smallest absolute Gasteiger partial charge is 0.386 e. The van der Waals surface area contributed by atoms with Crippen LogP contribution in [0.25, 0.3) is 0 Å². The summed E-state index contributed by atoms with van der Waals surface area (Å²) in [7, 11) is 0. The van der Waals surface area contributed by atoms with Crippen molar-refractivity contribution in [2.75, 3.05) is 0 Å². The van der Waals surface area contributed by atoms with Gasteiger partial charge in [-0.1, -0.05) is 0 Å². The second-order valence-corrected chi connectivity index (χ2v) is 2.91. The van der Waals surface area contributed by atoms with Crippen LogP contribution in [0.4, 0.5) is 13.2 Å². The Morgan fingerprint density at radius 3 is 2.23 bits per heavy atom. The summed E-state index contributed by atoms with van der Waals surface area (Å²) in [5.41, 5.74) is 0. The molecule has 0 spiro atoms. The predicted molar refractivity (Wildman–Crippen MR) is 34.5 cm³/mol. The Bertz CT molecular complexity index is 230. The van der Waals surface area contributed by atoms with E-state index in [0.29, 0.717) is 0 Å². The van der Waals surface area contributed by atoms with Gasteiger partial charge >= 0.3 is 18.1 Å². The average Bonchev–Trinajstić information content (AvgIpc) is 2.68. The number of rotatable bonds is 2. The third-order valence-electron chi connectivity index (χ3n) is 1.59. The highest BCUT2D eigenvalue weighted by molar-refractivity contribution is 5.88. The quantitative estimate of drug-likeness (QED) is 0.495. The average molecular weight is 196 g/mol. The van der Waals surface area contributed by atoms with Gasteiger partial charge in [-0.15, -0.1) is 0 Å². The van der Waals surface area contributed by atoms with E-state index in [9.17, 15) is 22.8 Å². The van der Waals surface area contributed by atoms with Crippen molar-refractivity contribution in [2.45, 2.75) is 25.4 Å². The second kappa shape index (κ2) is 3.35. The van der Waals surface area contributed by atoms with Crippen molar-refractivity contribution in [3.8, 4) is 0 Å². The van der Waals surface area contributed by atoms with Gasteiger partial charge in [-0.2, -0.15) is 13.2 Å². The van der Waals surface area contributed by atoms with E-state index in [1.807, 2.05) is 0 Å². The molecular formula is C7H7F3O3. The van der Waals surface area contributed by atoms with E-state index in [1.54, 1.807) is 0 Å². The van der Waals surface area contributed by atoms with Gasteiger partial charge in [0.2, 0.25) is 0 Å². The molecule has 0 saturated heterocycles. The van der Waals surface area contributed by atoms with Crippen molar-refractivity contribution in [1.82, 2.24) is 0 Å². The molecular weight excluding hydrogens is 189 g/mol. The van der Waals surface area contributed by atoms with Crippen molar-refractivity contribution in [3.05, 3.63) is 0 Å². The van der Waals surface area contributed by atoms with Gasteiger partial charge in [0.15, 0.2) is 0 Å². The Hall–Kier alpha value is -1.07. The summed E-state index contributed by atoms with van der Waals surface area (Å²) in [5, 5.41) is 0. The van der Waals surface area contributed by atoms with Gasteiger partial charge in [0.25, 0.3) is 0 Å². The van der Waals surface area contributed by atoms with Gasteiger partial charge in [0, 0.05) is 6.42 Å². The zero-order valence-electron chi connectivity index (χ0n) is 6.56. The summed E-state index contributed by atoms with van der Waals surface area (Å²) in [6, 6.07) is 0. The lowest BCUT2D eigenvalue weighted by Gasteiger charge is -2.04. The molecule has 1 aliphatic carbocycles. The van der Waals surface area contributed by atoms with Crippen molar-refractivity contribution < 1.29 is 27.5 Å². The first-order valence-corrected chi connectivity index (χ1v) is 3.71. The van der Waals surface area contributed by atoms with E-state index in [2.05, 4.69) is 4.74 Å². The molecule has 6 heteroatoms. The summed E-state index contributed by atoms with van der Waals surface area (Å²) < 4.78 is 38.2. The Morgan fingerprint density at radius 2 is 1.85 bits per heavy atom. The van der Waals surface area contributed by atoms with Gasteiger partial charge in [0.1, 0.15) is 0 Å². The van der Waals surface area contributed by atoms with Crippen LogP contribution in [-0.2, 0) is 14.3 Å². The lowest BCUT2D eigenvalue weighted by atomic mass is 10.3. The normalized spacial score (nSPS) is 16.8. The summed E-state index contributed by atoms with van der Waals surface area (Å²) in [4.78, 5) is 20.7. The van der Waals surface area contributed by atoms with Crippen LogP contribution in [0.15, 0.2) is 0 Å². The molecule has 0 bridgehead atoms. The zero-order chi connectivity index (χ0) is 10.1. The lowest BCUT2D eigenvalue weighted by Crippen LogP contribution is -2.28. The fourth-order valence-corrected chi connectivity index (χ4v) is 0.761. The van der Waals surface area contributed by atoms with Gasteiger partial charge in [-0.3, -0.25) is 4.79 Å². The maximum absolute atomic E-state index is 11.5. The molecule has 0 N–H and O–H groups in total. The van der Waals surface area contributed by atoms with E-state index < -0.39 is 18.1 Å². The number of alkyl halides is 3. The Balaban J connectivity index is 2.30. The van der Waals surface area contributed by atoms with E-state index in [0.717, 1.165) is 12.8 Å². The number of hydrogen-bond donors (Lipinski definition) is 0. The Kier molecular flexibility index (Phi) is 2.58. The molecule has 0 heterocycles. The van der Waals surface area contributed by atoms with Crippen molar-refractivity contribution >= 4 is 11.9 Å². The van der Waals surface area contributed by atoms with Crippen LogP contribution in [0.3, 0.4) is 0 Å². The first kappa shape index (κ1) is 10.0. The third-order valence-corrected chi connectivity index (χ3v) is 1.59. The largest absolute Gasteiger partial charge is 0.491 e. The molecule has 1 aliphatic rings. The number of carbonyl (C=O) groups excluding carboxylic acids is 2. The van der Waals surface area contributed by atoms with Crippen molar-refractivity contribution in [3.63, 3.8) is 0 Å². The van der Waals surface area contributed by atoms with Gasteiger partial charge in [-0.05, 0) is 18.8 Å². The summed E-state index contributed by atoms with van der Waals surface area (Å²) in [6.45, 7) is 0. The summed E-state index contributed by atoms with van der Waals surface area (Å²) >= 11 is 0. The van der Waals surface area contributed by atoms with E-state index >= 15 is 0 Å². The molecule has 1 rings (SSSR count).